The fourth-order valence-corrected chi connectivity index (χ4v) is 2.75. The Balaban J connectivity index is 2.20. The highest BCUT2D eigenvalue weighted by Crippen LogP contribution is 2.34. The molecule has 1 amide bonds. The molecular weight excluding hydrogens is 320 g/mol. The van der Waals surface area contributed by atoms with Crippen LogP contribution in [0.15, 0.2) is 24.4 Å². The zero-order valence-corrected chi connectivity index (χ0v) is 13.1. The molecule has 1 aliphatic rings. The predicted molar refractivity (Wildman–Crippen MR) is 80.3 cm³/mol. The molecule has 0 fully saturated rings. The second-order valence-corrected chi connectivity index (χ2v) is 5.41. The summed E-state index contributed by atoms with van der Waals surface area (Å²) in [5.41, 5.74) is 0.448. The minimum Gasteiger partial charge on any atom is -0.462 e. The van der Waals surface area contributed by atoms with Gasteiger partial charge in [0.05, 0.1) is 18.5 Å². The largest absolute Gasteiger partial charge is 0.462 e. The van der Waals surface area contributed by atoms with E-state index < -0.39 is 17.6 Å². The van der Waals surface area contributed by atoms with Crippen molar-refractivity contribution in [3.8, 4) is 5.69 Å². The fourth-order valence-electron chi connectivity index (χ4n) is 2.75. The van der Waals surface area contributed by atoms with Crippen LogP contribution in [0, 0.1) is 0 Å². The molecule has 0 bridgehead atoms. The van der Waals surface area contributed by atoms with E-state index in [0.29, 0.717) is 23.7 Å². The summed E-state index contributed by atoms with van der Waals surface area (Å²) < 4.78 is 34.2. The van der Waals surface area contributed by atoms with Gasteiger partial charge in [0.25, 0.3) is 11.8 Å². The van der Waals surface area contributed by atoms with E-state index in [-0.39, 0.29) is 24.6 Å². The van der Waals surface area contributed by atoms with Gasteiger partial charge in [0.2, 0.25) is 0 Å². The van der Waals surface area contributed by atoms with Crippen LogP contribution in [0.4, 0.5) is 8.78 Å². The van der Waals surface area contributed by atoms with E-state index in [1.807, 2.05) is 0 Å². The molecule has 2 aromatic rings. The summed E-state index contributed by atoms with van der Waals surface area (Å²) in [6.45, 7) is 2.56. The lowest BCUT2D eigenvalue weighted by molar-refractivity contribution is 0.00751. The molecule has 0 atom stereocenters. The van der Waals surface area contributed by atoms with Gasteiger partial charge in [-0.15, -0.1) is 0 Å². The summed E-state index contributed by atoms with van der Waals surface area (Å²) in [6, 6.07) is 4.78. The lowest BCUT2D eigenvalue weighted by atomic mass is 10.1. The Hall–Kier alpha value is -2.77. The molecule has 1 N–H and O–H groups in total. The Morgan fingerprint density at radius 2 is 2.21 bits per heavy atom. The number of nitrogens with zero attached hydrogens (tertiary/aromatic N) is 2. The van der Waals surface area contributed by atoms with Crippen LogP contribution in [0.25, 0.3) is 5.69 Å². The summed E-state index contributed by atoms with van der Waals surface area (Å²) in [6.07, 6.45) is 1.06. The van der Waals surface area contributed by atoms with Crippen LogP contribution in [-0.4, -0.2) is 28.3 Å². The van der Waals surface area contributed by atoms with Gasteiger partial charge in [-0.2, -0.15) is 13.9 Å². The summed E-state index contributed by atoms with van der Waals surface area (Å²) in [4.78, 5) is 23.7. The highest BCUT2D eigenvalue weighted by Gasteiger charge is 2.37. The van der Waals surface area contributed by atoms with E-state index >= 15 is 0 Å². The van der Waals surface area contributed by atoms with E-state index in [1.165, 1.54) is 0 Å². The van der Waals surface area contributed by atoms with E-state index in [1.54, 1.807) is 25.1 Å². The quantitative estimate of drug-likeness (QED) is 0.871. The lowest BCUT2D eigenvalue weighted by Gasteiger charge is -2.17. The molecular formula is C16H15F2N3O3. The molecule has 0 aliphatic carbocycles. The van der Waals surface area contributed by atoms with Crippen molar-refractivity contribution in [3.63, 3.8) is 0 Å². The Morgan fingerprint density at radius 1 is 1.46 bits per heavy atom. The maximum atomic E-state index is 14.2. The van der Waals surface area contributed by atoms with Crippen LogP contribution < -0.4 is 5.32 Å². The van der Waals surface area contributed by atoms with Crippen molar-refractivity contribution in [2.45, 2.75) is 26.3 Å². The van der Waals surface area contributed by atoms with Crippen molar-refractivity contribution in [1.82, 2.24) is 15.1 Å². The fraction of sp³-hybridized carbons (Fsp3) is 0.312. The maximum Gasteiger partial charge on any atom is 0.341 e. The molecule has 0 unspecified atom stereocenters. The minimum absolute atomic E-state index is 0.0674. The first-order valence-corrected chi connectivity index (χ1v) is 7.38. The number of halogens is 2. The Kier molecular flexibility index (Phi) is 3.82. The van der Waals surface area contributed by atoms with E-state index in [4.69, 9.17) is 4.74 Å². The second kappa shape index (κ2) is 5.70. The first-order valence-electron chi connectivity index (χ1n) is 7.38. The van der Waals surface area contributed by atoms with Crippen LogP contribution in [0.2, 0.25) is 0 Å². The average Bonchev–Trinajstić information content (AvgIpc) is 3.11. The van der Waals surface area contributed by atoms with Gasteiger partial charge < -0.3 is 10.1 Å². The molecule has 2 heterocycles. The van der Waals surface area contributed by atoms with Gasteiger partial charge in [-0.25, -0.2) is 9.48 Å². The number of hydrogen-bond acceptors (Lipinski definition) is 4. The second-order valence-electron chi connectivity index (χ2n) is 5.41. The number of rotatable bonds is 4. The molecule has 0 radical (unpaired) electrons. The van der Waals surface area contributed by atoms with E-state index in [2.05, 4.69) is 10.4 Å². The van der Waals surface area contributed by atoms with Crippen LogP contribution in [0.3, 0.4) is 0 Å². The topological polar surface area (TPSA) is 73.2 Å². The standard InChI is InChI=1S/C16H15F2N3O3/c1-3-24-15(23)11-8-20-21(13(11)16(2,17)18)12-6-4-5-9-10(12)7-19-14(9)22/h4-6,8H,3,7H2,1-2H3,(H,19,22). The van der Waals surface area contributed by atoms with Gasteiger partial charge in [0.15, 0.2) is 0 Å². The number of fused-ring (bicyclic) bond motifs is 1. The number of benzene rings is 1. The first-order chi connectivity index (χ1) is 11.3. The number of hydrogen-bond donors (Lipinski definition) is 1. The molecule has 0 saturated heterocycles. The maximum absolute atomic E-state index is 14.2. The summed E-state index contributed by atoms with van der Waals surface area (Å²) in [5.74, 6) is -4.45. The average molecular weight is 335 g/mol. The first kappa shape index (κ1) is 16.1. The molecule has 8 heteroatoms. The molecule has 0 spiro atoms. The van der Waals surface area contributed by atoms with E-state index in [9.17, 15) is 18.4 Å². The highest BCUT2D eigenvalue weighted by atomic mass is 19.3. The SMILES string of the molecule is CCOC(=O)c1cnn(-c2cccc3c2CNC3=O)c1C(C)(F)F. The van der Waals surface area contributed by atoms with Crippen molar-refractivity contribution in [2.24, 2.45) is 0 Å². The molecule has 24 heavy (non-hydrogen) atoms. The third-order valence-corrected chi connectivity index (χ3v) is 3.73. The van der Waals surface area contributed by atoms with Gasteiger partial charge in [0.1, 0.15) is 11.3 Å². The third-order valence-electron chi connectivity index (χ3n) is 3.73. The van der Waals surface area contributed by atoms with Crippen molar-refractivity contribution in [2.75, 3.05) is 6.61 Å². The van der Waals surface area contributed by atoms with Crippen LogP contribution >= 0.6 is 0 Å². The van der Waals surface area contributed by atoms with Crippen LogP contribution in [0.5, 0.6) is 0 Å². The van der Waals surface area contributed by atoms with Gasteiger partial charge in [-0.05, 0) is 19.1 Å². The molecule has 1 aromatic heterocycles. The van der Waals surface area contributed by atoms with Gasteiger partial charge >= 0.3 is 5.97 Å². The third kappa shape index (κ3) is 2.53. The van der Waals surface area contributed by atoms with Crippen molar-refractivity contribution < 1.29 is 23.1 Å². The summed E-state index contributed by atoms with van der Waals surface area (Å²) in [7, 11) is 0. The van der Waals surface area contributed by atoms with Crippen molar-refractivity contribution in [3.05, 3.63) is 46.8 Å². The van der Waals surface area contributed by atoms with Crippen LogP contribution in [-0.2, 0) is 17.2 Å². The minimum atomic E-state index is -3.32. The number of ether oxygens (including phenoxy) is 1. The molecule has 0 saturated carbocycles. The number of aromatic nitrogens is 2. The normalized spacial score (nSPS) is 13.6. The molecule has 6 nitrogen and oxygen atoms in total. The molecule has 126 valence electrons. The number of amides is 1. The Labute approximate surface area is 136 Å². The Morgan fingerprint density at radius 3 is 2.88 bits per heavy atom. The predicted octanol–water partition coefficient (Wildman–Crippen LogP) is 2.40. The number of carbonyl (C=O) groups is 2. The summed E-state index contributed by atoms with van der Waals surface area (Å²) in [5, 5.41) is 6.60. The van der Waals surface area contributed by atoms with Gasteiger partial charge in [0, 0.05) is 24.6 Å². The monoisotopic (exact) mass is 335 g/mol. The lowest BCUT2D eigenvalue weighted by Crippen LogP contribution is -2.20. The Bertz CT molecular complexity index is 824. The smallest absolute Gasteiger partial charge is 0.341 e. The number of nitrogens with one attached hydrogen (secondary N) is 1. The zero-order valence-electron chi connectivity index (χ0n) is 13.1. The van der Waals surface area contributed by atoms with Gasteiger partial charge in [-0.1, -0.05) is 6.07 Å². The van der Waals surface area contributed by atoms with Crippen LogP contribution in [0.1, 0.15) is 45.8 Å². The van der Waals surface area contributed by atoms with Crippen molar-refractivity contribution >= 4 is 11.9 Å². The highest BCUT2D eigenvalue weighted by molar-refractivity contribution is 5.99. The van der Waals surface area contributed by atoms with Crippen molar-refractivity contribution in [1.29, 1.82) is 0 Å². The summed E-state index contributed by atoms with van der Waals surface area (Å²) >= 11 is 0. The zero-order chi connectivity index (χ0) is 17.5. The van der Waals surface area contributed by atoms with Gasteiger partial charge in [-0.3, -0.25) is 4.79 Å². The molecule has 1 aromatic carbocycles. The van der Waals surface area contributed by atoms with E-state index in [0.717, 1.165) is 10.9 Å². The number of carbonyl (C=O) groups excluding carboxylic acids is 2. The number of esters is 1. The molecule has 3 rings (SSSR count). The number of alkyl halides is 2. The molecule has 1 aliphatic heterocycles.